The number of nitrogens with one attached hydrogen (secondary N) is 1. The van der Waals surface area contributed by atoms with Crippen molar-refractivity contribution >= 4 is 22.8 Å². The van der Waals surface area contributed by atoms with Gasteiger partial charge in [-0.2, -0.15) is 0 Å². The minimum atomic E-state index is -0.240. The smallest absolute Gasteiger partial charge is 0.139 e. The number of hydrogen-bond acceptors (Lipinski definition) is 3. The van der Waals surface area contributed by atoms with Gasteiger partial charge in [0, 0.05) is 27.6 Å². The molecule has 1 N–H and O–H groups in total. The molecule has 4 aromatic rings. The maximum absolute atomic E-state index is 13.5. The van der Waals surface area contributed by atoms with Gasteiger partial charge in [-0.3, -0.25) is 0 Å². The third kappa shape index (κ3) is 3.10. The van der Waals surface area contributed by atoms with Crippen LogP contribution in [0.25, 0.3) is 22.2 Å². The quantitative estimate of drug-likeness (QED) is 0.526. The molecule has 0 radical (unpaired) electrons. The molecule has 2 heterocycles. The fourth-order valence-electron chi connectivity index (χ4n) is 2.80. The van der Waals surface area contributed by atoms with Gasteiger partial charge in [0.2, 0.25) is 0 Å². The summed E-state index contributed by atoms with van der Waals surface area (Å²) in [6, 6.07) is 16.5. The number of ether oxygens (including phenoxy) is 1. The molecule has 0 amide bonds. The minimum Gasteiger partial charge on any atom is -0.497 e. The van der Waals surface area contributed by atoms with Gasteiger partial charge in [-0.05, 0) is 47.5 Å². The molecule has 2 aromatic heterocycles. The van der Waals surface area contributed by atoms with Crippen LogP contribution >= 0.6 is 11.8 Å². The molecule has 2 aromatic carbocycles. The number of aromatic amines is 1. The van der Waals surface area contributed by atoms with Gasteiger partial charge in [-0.15, -0.1) is 0 Å². The Hall–Kier alpha value is -2.79. The highest BCUT2D eigenvalue weighted by Crippen LogP contribution is 2.39. The summed E-state index contributed by atoms with van der Waals surface area (Å²) in [4.78, 5) is 9.47. The second kappa shape index (κ2) is 6.61. The molecular weight excluding hydrogens is 335 g/mol. The van der Waals surface area contributed by atoms with Crippen LogP contribution in [-0.4, -0.2) is 17.1 Å². The number of fused-ring (bicyclic) bond motifs is 1. The zero-order valence-electron chi connectivity index (χ0n) is 13.5. The zero-order valence-corrected chi connectivity index (χ0v) is 14.3. The van der Waals surface area contributed by atoms with Crippen molar-refractivity contribution in [2.45, 2.75) is 9.79 Å². The van der Waals surface area contributed by atoms with Crippen LogP contribution < -0.4 is 4.74 Å². The van der Waals surface area contributed by atoms with E-state index in [1.54, 1.807) is 19.4 Å². The molecule has 0 unspecified atom stereocenters. The van der Waals surface area contributed by atoms with Crippen LogP contribution in [0, 0.1) is 5.82 Å². The van der Waals surface area contributed by atoms with Crippen LogP contribution in [0.3, 0.4) is 0 Å². The summed E-state index contributed by atoms with van der Waals surface area (Å²) in [5.74, 6) is 0.563. The Bertz CT molecular complexity index is 1040. The molecular formula is C20H15FN2OS. The molecule has 0 bridgehead atoms. The number of nitrogens with zero attached hydrogens (tertiary/aromatic N) is 1. The average molecular weight is 350 g/mol. The number of hydrogen-bond donors (Lipinski definition) is 1. The van der Waals surface area contributed by atoms with Crippen molar-refractivity contribution in [3.8, 4) is 16.9 Å². The molecule has 0 fully saturated rings. The normalized spacial score (nSPS) is 11.0. The maximum atomic E-state index is 13.5. The third-order valence-electron chi connectivity index (χ3n) is 3.94. The van der Waals surface area contributed by atoms with Crippen LogP contribution in [0.1, 0.15) is 0 Å². The molecule has 0 aliphatic carbocycles. The van der Waals surface area contributed by atoms with E-state index in [9.17, 15) is 4.39 Å². The molecule has 0 atom stereocenters. The van der Waals surface area contributed by atoms with E-state index >= 15 is 0 Å². The summed E-state index contributed by atoms with van der Waals surface area (Å²) >= 11 is 1.51. The summed E-state index contributed by atoms with van der Waals surface area (Å²) in [5.41, 5.74) is 2.91. The summed E-state index contributed by atoms with van der Waals surface area (Å²) in [6.45, 7) is 0. The largest absolute Gasteiger partial charge is 0.497 e. The van der Waals surface area contributed by atoms with Crippen LogP contribution in [0.5, 0.6) is 5.75 Å². The number of halogens is 1. The van der Waals surface area contributed by atoms with Crippen LogP contribution in [0.2, 0.25) is 0 Å². The molecule has 0 saturated heterocycles. The lowest BCUT2D eigenvalue weighted by molar-refractivity contribution is 0.415. The van der Waals surface area contributed by atoms with E-state index in [2.05, 4.69) is 9.97 Å². The molecule has 4 rings (SSSR count). The third-order valence-corrected chi connectivity index (χ3v) is 4.97. The first-order valence-corrected chi connectivity index (χ1v) is 8.60. The minimum absolute atomic E-state index is 0.240. The Morgan fingerprint density at radius 3 is 2.80 bits per heavy atom. The summed E-state index contributed by atoms with van der Waals surface area (Å²) < 4.78 is 18.8. The number of pyridine rings is 1. The molecule has 0 aliphatic heterocycles. The Kier molecular flexibility index (Phi) is 4.15. The lowest BCUT2D eigenvalue weighted by Gasteiger charge is -2.08. The van der Waals surface area contributed by atoms with Gasteiger partial charge < -0.3 is 9.72 Å². The van der Waals surface area contributed by atoms with E-state index in [1.165, 1.54) is 23.9 Å². The van der Waals surface area contributed by atoms with Crippen molar-refractivity contribution in [1.82, 2.24) is 9.97 Å². The Balaban J connectivity index is 1.84. The van der Waals surface area contributed by atoms with Gasteiger partial charge in [0.05, 0.1) is 7.11 Å². The van der Waals surface area contributed by atoms with E-state index < -0.39 is 0 Å². The zero-order chi connectivity index (χ0) is 17.2. The standard InChI is InChI=1S/C20H15FN2OS/c1-24-15-6-2-4-13(10-15)17-8-9-22-20-19(17)18(12-23-20)25-16-7-3-5-14(21)11-16/h2-12H,1H3,(H,22,23). The number of H-pyrrole nitrogens is 1. The molecule has 5 heteroatoms. The molecule has 124 valence electrons. The van der Waals surface area contributed by atoms with E-state index in [4.69, 9.17) is 4.74 Å². The highest BCUT2D eigenvalue weighted by atomic mass is 32.2. The van der Waals surface area contributed by atoms with Crippen LogP contribution in [0.4, 0.5) is 4.39 Å². The topological polar surface area (TPSA) is 37.9 Å². The lowest BCUT2D eigenvalue weighted by atomic mass is 10.0. The fraction of sp³-hybridized carbons (Fsp3) is 0.0500. The van der Waals surface area contributed by atoms with E-state index in [1.807, 2.05) is 42.6 Å². The van der Waals surface area contributed by atoms with Gasteiger partial charge in [-0.1, -0.05) is 30.0 Å². The summed E-state index contributed by atoms with van der Waals surface area (Å²) in [5, 5.41) is 1.02. The van der Waals surface area contributed by atoms with Gasteiger partial charge in [0.25, 0.3) is 0 Å². The molecule has 3 nitrogen and oxygen atoms in total. The number of rotatable bonds is 4. The summed E-state index contributed by atoms with van der Waals surface area (Å²) in [6.07, 6.45) is 3.70. The second-order valence-corrected chi connectivity index (χ2v) is 6.64. The predicted molar refractivity (Wildman–Crippen MR) is 98.6 cm³/mol. The Labute approximate surface area is 148 Å². The molecule has 0 spiro atoms. The van der Waals surface area contributed by atoms with Crippen molar-refractivity contribution in [2.24, 2.45) is 0 Å². The van der Waals surface area contributed by atoms with Gasteiger partial charge in [-0.25, -0.2) is 9.37 Å². The lowest BCUT2D eigenvalue weighted by Crippen LogP contribution is -1.86. The first kappa shape index (κ1) is 15.7. The summed E-state index contributed by atoms with van der Waals surface area (Å²) in [7, 11) is 1.66. The van der Waals surface area contributed by atoms with E-state index in [-0.39, 0.29) is 5.82 Å². The highest BCUT2D eigenvalue weighted by molar-refractivity contribution is 7.99. The SMILES string of the molecule is COc1cccc(-c2ccnc3[nH]cc(Sc4cccc(F)c4)c23)c1. The second-order valence-electron chi connectivity index (χ2n) is 5.53. The van der Waals surface area contributed by atoms with Crippen molar-refractivity contribution in [3.63, 3.8) is 0 Å². The van der Waals surface area contributed by atoms with Gasteiger partial charge in [0.15, 0.2) is 0 Å². The molecule has 0 saturated carbocycles. The van der Waals surface area contributed by atoms with Gasteiger partial charge in [0.1, 0.15) is 17.2 Å². The van der Waals surface area contributed by atoms with Gasteiger partial charge >= 0.3 is 0 Å². The number of aromatic nitrogens is 2. The first-order chi connectivity index (χ1) is 12.2. The first-order valence-electron chi connectivity index (χ1n) is 7.78. The van der Waals surface area contributed by atoms with Crippen molar-refractivity contribution in [1.29, 1.82) is 0 Å². The molecule has 0 aliphatic rings. The van der Waals surface area contributed by atoms with Crippen molar-refractivity contribution in [2.75, 3.05) is 7.11 Å². The number of benzene rings is 2. The highest BCUT2D eigenvalue weighted by Gasteiger charge is 2.13. The predicted octanol–water partition coefficient (Wildman–Crippen LogP) is 5.53. The van der Waals surface area contributed by atoms with E-state index in [0.29, 0.717) is 0 Å². The fourth-order valence-corrected chi connectivity index (χ4v) is 3.79. The van der Waals surface area contributed by atoms with E-state index in [0.717, 1.165) is 37.7 Å². The van der Waals surface area contributed by atoms with Crippen LogP contribution in [0.15, 0.2) is 76.8 Å². The number of methoxy groups -OCH3 is 1. The molecule has 25 heavy (non-hydrogen) atoms. The Morgan fingerprint density at radius 2 is 1.96 bits per heavy atom. The van der Waals surface area contributed by atoms with Crippen molar-refractivity contribution < 1.29 is 9.13 Å². The van der Waals surface area contributed by atoms with Crippen LogP contribution in [-0.2, 0) is 0 Å². The van der Waals surface area contributed by atoms with Crippen molar-refractivity contribution in [3.05, 3.63) is 72.8 Å². The Morgan fingerprint density at radius 1 is 1.08 bits per heavy atom. The maximum Gasteiger partial charge on any atom is 0.139 e. The average Bonchev–Trinajstić information content (AvgIpc) is 3.05. The monoisotopic (exact) mass is 350 g/mol.